The molecule has 0 aromatic carbocycles. The number of aryl methyl sites for hydroxylation is 2. The van der Waals surface area contributed by atoms with Gasteiger partial charge in [0.1, 0.15) is 5.82 Å². The van der Waals surface area contributed by atoms with Crippen LogP contribution in [0.5, 0.6) is 0 Å². The number of hydrogen-bond acceptors (Lipinski definition) is 5. The summed E-state index contributed by atoms with van der Waals surface area (Å²) in [4.78, 5) is 22.5. The summed E-state index contributed by atoms with van der Waals surface area (Å²) in [6.45, 7) is 0. The van der Waals surface area contributed by atoms with Crippen LogP contribution in [-0.2, 0) is 12.8 Å². The van der Waals surface area contributed by atoms with Gasteiger partial charge >= 0.3 is 6.03 Å². The lowest BCUT2D eigenvalue weighted by molar-refractivity contribution is 0.243. The summed E-state index contributed by atoms with van der Waals surface area (Å²) in [7, 11) is 0. The van der Waals surface area contributed by atoms with E-state index in [0.29, 0.717) is 6.04 Å². The Labute approximate surface area is 157 Å². The predicted octanol–water partition coefficient (Wildman–Crippen LogP) is 3.96. The molecule has 26 heavy (non-hydrogen) atoms. The minimum absolute atomic E-state index is 0.128. The van der Waals surface area contributed by atoms with Crippen LogP contribution in [0.25, 0.3) is 0 Å². The van der Waals surface area contributed by atoms with E-state index in [1.165, 1.54) is 23.4 Å². The first-order valence-corrected chi connectivity index (χ1v) is 10.3. The van der Waals surface area contributed by atoms with Crippen LogP contribution in [0, 0.1) is 0 Å². The first kappa shape index (κ1) is 17.3. The standard InChI is InChI=1S/C19H25N5OS/c25-18(24-19-23-15-5-1-2-6-16(15)26-19)22-14-10-8-13(9-11-14)21-17-7-3-4-12-20-17/h3-4,7,12-14H,1-2,5-6,8-11H2,(H,20,21)(H2,22,23,24,25). The summed E-state index contributed by atoms with van der Waals surface area (Å²) in [5.41, 5.74) is 1.18. The second kappa shape index (κ2) is 8.03. The molecule has 1 saturated carbocycles. The molecule has 6 nitrogen and oxygen atoms in total. The highest BCUT2D eigenvalue weighted by atomic mass is 32.1. The molecule has 2 aliphatic carbocycles. The number of urea groups is 1. The van der Waals surface area contributed by atoms with Gasteiger partial charge < -0.3 is 10.6 Å². The Kier molecular flexibility index (Phi) is 5.34. The number of thiazole rings is 1. The van der Waals surface area contributed by atoms with Gasteiger partial charge in [0.25, 0.3) is 0 Å². The van der Waals surface area contributed by atoms with Crippen LogP contribution in [0.1, 0.15) is 49.1 Å². The summed E-state index contributed by atoms with van der Waals surface area (Å²) in [5.74, 6) is 0.925. The van der Waals surface area contributed by atoms with Gasteiger partial charge in [-0.1, -0.05) is 6.07 Å². The van der Waals surface area contributed by atoms with Gasteiger partial charge in [0.05, 0.1) is 5.69 Å². The van der Waals surface area contributed by atoms with Gasteiger partial charge in [-0.05, 0) is 63.5 Å². The fourth-order valence-corrected chi connectivity index (χ4v) is 4.81. The van der Waals surface area contributed by atoms with Crippen LogP contribution >= 0.6 is 11.3 Å². The lowest BCUT2D eigenvalue weighted by Crippen LogP contribution is -2.42. The van der Waals surface area contributed by atoms with E-state index in [2.05, 4.69) is 25.9 Å². The van der Waals surface area contributed by atoms with Crippen molar-refractivity contribution >= 4 is 28.3 Å². The van der Waals surface area contributed by atoms with Gasteiger partial charge in [-0.2, -0.15) is 0 Å². The number of rotatable bonds is 4. The SMILES string of the molecule is O=C(Nc1nc2c(s1)CCCC2)NC1CCC(Nc2ccccn2)CC1. The molecule has 2 heterocycles. The molecule has 0 bridgehead atoms. The van der Waals surface area contributed by atoms with Crippen molar-refractivity contribution in [2.45, 2.75) is 63.5 Å². The summed E-state index contributed by atoms with van der Waals surface area (Å²) < 4.78 is 0. The van der Waals surface area contributed by atoms with Crippen molar-refractivity contribution in [3.05, 3.63) is 35.0 Å². The van der Waals surface area contributed by atoms with Crippen molar-refractivity contribution < 1.29 is 4.79 Å². The summed E-state index contributed by atoms with van der Waals surface area (Å²) in [5, 5.41) is 10.2. The Morgan fingerprint density at radius 2 is 1.88 bits per heavy atom. The second-order valence-electron chi connectivity index (χ2n) is 7.10. The molecule has 2 amide bonds. The lowest BCUT2D eigenvalue weighted by Gasteiger charge is -2.29. The van der Waals surface area contributed by atoms with Crippen molar-refractivity contribution in [1.29, 1.82) is 0 Å². The second-order valence-corrected chi connectivity index (χ2v) is 8.19. The Morgan fingerprint density at radius 3 is 2.65 bits per heavy atom. The average molecular weight is 372 g/mol. The molecule has 2 aromatic heterocycles. The van der Waals surface area contributed by atoms with Crippen molar-refractivity contribution in [2.24, 2.45) is 0 Å². The molecular weight excluding hydrogens is 346 g/mol. The van der Waals surface area contributed by atoms with E-state index in [9.17, 15) is 4.79 Å². The van der Waals surface area contributed by atoms with Crippen LogP contribution in [-0.4, -0.2) is 28.1 Å². The molecule has 0 saturated heterocycles. The van der Waals surface area contributed by atoms with E-state index in [4.69, 9.17) is 0 Å². The van der Waals surface area contributed by atoms with Crippen molar-refractivity contribution in [2.75, 3.05) is 10.6 Å². The van der Waals surface area contributed by atoms with E-state index in [1.807, 2.05) is 18.2 Å². The fourth-order valence-electron chi connectivity index (χ4n) is 3.76. The van der Waals surface area contributed by atoms with E-state index in [0.717, 1.165) is 49.5 Å². The minimum atomic E-state index is -0.128. The number of pyridine rings is 1. The first-order chi connectivity index (χ1) is 12.8. The Balaban J connectivity index is 1.22. The number of nitrogens with zero attached hydrogens (tertiary/aromatic N) is 2. The fraction of sp³-hybridized carbons (Fsp3) is 0.526. The molecule has 3 N–H and O–H groups in total. The van der Waals surface area contributed by atoms with Crippen molar-refractivity contribution in [3.63, 3.8) is 0 Å². The molecule has 138 valence electrons. The molecule has 7 heteroatoms. The minimum Gasteiger partial charge on any atom is -0.367 e. The maximum absolute atomic E-state index is 12.3. The van der Waals surface area contributed by atoms with Gasteiger partial charge in [0.2, 0.25) is 0 Å². The third-order valence-electron chi connectivity index (χ3n) is 5.15. The highest BCUT2D eigenvalue weighted by Gasteiger charge is 2.23. The van der Waals surface area contributed by atoms with E-state index in [-0.39, 0.29) is 12.1 Å². The first-order valence-electron chi connectivity index (χ1n) is 9.50. The average Bonchev–Trinajstić information content (AvgIpc) is 3.06. The number of aromatic nitrogens is 2. The van der Waals surface area contributed by atoms with Crippen molar-refractivity contribution in [3.8, 4) is 0 Å². The number of fused-ring (bicyclic) bond motifs is 1. The molecule has 1 fully saturated rings. The maximum atomic E-state index is 12.3. The van der Waals surface area contributed by atoms with Crippen LogP contribution in [0.4, 0.5) is 15.7 Å². The van der Waals surface area contributed by atoms with Gasteiger partial charge in [-0.3, -0.25) is 5.32 Å². The molecule has 0 radical (unpaired) electrons. The highest BCUT2D eigenvalue weighted by Crippen LogP contribution is 2.29. The Bertz CT molecular complexity index is 716. The molecule has 0 unspecified atom stereocenters. The number of hydrogen-bond donors (Lipinski definition) is 3. The molecule has 4 rings (SSSR count). The summed E-state index contributed by atoms with van der Waals surface area (Å²) in [6, 6.07) is 6.43. The van der Waals surface area contributed by atoms with Crippen LogP contribution < -0.4 is 16.0 Å². The number of anilines is 2. The monoisotopic (exact) mass is 371 g/mol. The molecule has 0 spiro atoms. The molecule has 0 atom stereocenters. The predicted molar refractivity (Wildman–Crippen MR) is 105 cm³/mol. The third-order valence-corrected chi connectivity index (χ3v) is 6.22. The van der Waals surface area contributed by atoms with Crippen LogP contribution in [0.15, 0.2) is 24.4 Å². The normalized spacial score (nSPS) is 22.3. The van der Waals surface area contributed by atoms with Crippen LogP contribution in [0.3, 0.4) is 0 Å². The molecule has 2 aromatic rings. The van der Waals surface area contributed by atoms with Gasteiger partial charge in [0, 0.05) is 23.2 Å². The Morgan fingerprint density at radius 1 is 1.08 bits per heavy atom. The van der Waals surface area contributed by atoms with E-state index in [1.54, 1.807) is 17.5 Å². The smallest absolute Gasteiger partial charge is 0.321 e. The zero-order chi connectivity index (χ0) is 17.8. The number of carbonyl (C=O) groups is 1. The zero-order valence-electron chi connectivity index (χ0n) is 14.8. The van der Waals surface area contributed by atoms with Crippen LogP contribution in [0.2, 0.25) is 0 Å². The topological polar surface area (TPSA) is 78.9 Å². The van der Waals surface area contributed by atoms with Gasteiger partial charge in [0.15, 0.2) is 5.13 Å². The molecule has 2 aliphatic rings. The lowest BCUT2D eigenvalue weighted by atomic mass is 9.91. The van der Waals surface area contributed by atoms with Crippen molar-refractivity contribution in [1.82, 2.24) is 15.3 Å². The number of carbonyl (C=O) groups excluding carboxylic acids is 1. The van der Waals surface area contributed by atoms with Gasteiger partial charge in [-0.25, -0.2) is 14.8 Å². The largest absolute Gasteiger partial charge is 0.367 e. The summed E-state index contributed by atoms with van der Waals surface area (Å²) in [6.07, 6.45) is 10.4. The molecular formula is C19H25N5OS. The highest BCUT2D eigenvalue weighted by molar-refractivity contribution is 7.15. The number of amides is 2. The Hall–Kier alpha value is -2.15. The van der Waals surface area contributed by atoms with E-state index >= 15 is 0 Å². The molecule has 0 aliphatic heterocycles. The quantitative estimate of drug-likeness (QED) is 0.760. The van der Waals surface area contributed by atoms with E-state index < -0.39 is 0 Å². The third kappa shape index (κ3) is 4.33. The van der Waals surface area contributed by atoms with Gasteiger partial charge in [-0.15, -0.1) is 11.3 Å². The maximum Gasteiger partial charge on any atom is 0.321 e. The number of nitrogens with one attached hydrogen (secondary N) is 3. The summed E-state index contributed by atoms with van der Waals surface area (Å²) >= 11 is 1.63. The zero-order valence-corrected chi connectivity index (χ0v) is 15.6.